The molecule has 6 nitrogen and oxygen atoms in total. The van der Waals surface area contributed by atoms with Crippen molar-refractivity contribution in [1.29, 1.82) is 0 Å². The molecule has 1 fully saturated rings. The molecule has 29 heavy (non-hydrogen) atoms. The predicted octanol–water partition coefficient (Wildman–Crippen LogP) is 3.81. The fourth-order valence-corrected chi connectivity index (χ4v) is 3.25. The fraction of sp³-hybridized carbons (Fsp3) is 0.364. The minimum absolute atomic E-state index is 0.0412. The number of halogens is 1. The quantitative estimate of drug-likeness (QED) is 0.676. The van der Waals surface area contributed by atoms with Crippen molar-refractivity contribution in [3.05, 3.63) is 53.6 Å². The fourth-order valence-electron chi connectivity index (χ4n) is 3.12. The molecule has 0 spiro atoms. The first-order chi connectivity index (χ1) is 14.0. The van der Waals surface area contributed by atoms with Gasteiger partial charge in [0.25, 0.3) is 0 Å². The van der Waals surface area contributed by atoms with Gasteiger partial charge in [0.1, 0.15) is 12.4 Å². The molecule has 7 heteroatoms. The number of carbonyl (C=O) groups is 2. The number of nitrogens with one attached hydrogen (secondary N) is 1. The second kappa shape index (κ2) is 10.3. The first-order valence-electron chi connectivity index (χ1n) is 9.78. The number of carbonyl (C=O) groups excluding carboxylic acids is 2. The zero-order valence-corrected chi connectivity index (χ0v) is 17.3. The third kappa shape index (κ3) is 6.48. The highest BCUT2D eigenvalue weighted by molar-refractivity contribution is 6.30. The average Bonchev–Trinajstić information content (AvgIpc) is 3.14. The normalized spacial score (nSPS) is 13.8. The minimum atomic E-state index is -0.0412. The van der Waals surface area contributed by atoms with Gasteiger partial charge in [-0.25, -0.2) is 0 Å². The lowest BCUT2D eigenvalue weighted by molar-refractivity contribution is -0.117. The molecule has 1 saturated heterocycles. The van der Waals surface area contributed by atoms with Crippen LogP contribution in [0.2, 0.25) is 5.02 Å². The topological polar surface area (TPSA) is 61.9 Å². The van der Waals surface area contributed by atoms with Crippen molar-refractivity contribution in [2.75, 3.05) is 43.5 Å². The van der Waals surface area contributed by atoms with E-state index >= 15 is 0 Å². The van der Waals surface area contributed by atoms with Gasteiger partial charge in [0.2, 0.25) is 11.8 Å². The highest BCUT2D eigenvalue weighted by atomic mass is 35.5. The molecule has 0 radical (unpaired) electrons. The van der Waals surface area contributed by atoms with Gasteiger partial charge >= 0.3 is 0 Å². The van der Waals surface area contributed by atoms with Gasteiger partial charge in [-0.3, -0.25) is 9.59 Å². The summed E-state index contributed by atoms with van der Waals surface area (Å²) in [4.78, 5) is 27.8. The van der Waals surface area contributed by atoms with Gasteiger partial charge < -0.3 is 19.9 Å². The Labute approximate surface area is 176 Å². The summed E-state index contributed by atoms with van der Waals surface area (Å²) in [6, 6.07) is 14.7. The van der Waals surface area contributed by atoms with Crippen molar-refractivity contribution in [2.45, 2.75) is 19.3 Å². The van der Waals surface area contributed by atoms with Crippen LogP contribution in [0, 0.1) is 0 Å². The standard InChI is InChI=1S/C22H26ClN3O3/c1-25(15-16-29-20-10-4-17(23)5-11-20)14-12-21(27)24-18-6-8-19(9-7-18)26-13-2-3-22(26)28/h4-11H,2-3,12-16H2,1H3,(H,24,27). The molecular formula is C22H26ClN3O3. The van der Waals surface area contributed by atoms with Crippen molar-refractivity contribution in [2.24, 2.45) is 0 Å². The summed E-state index contributed by atoms with van der Waals surface area (Å²) < 4.78 is 5.67. The van der Waals surface area contributed by atoms with Crippen LogP contribution in [-0.4, -0.2) is 50.0 Å². The Balaban J connectivity index is 1.35. The van der Waals surface area contributed by atoms with Crippen LogP contribution in [0.1, 0.15) is 19.3 Å². The second-order valence-electron chi connectivity index (χ2n) is 7.10. The zero-order valence-electron chi connectivity index (χ0n) is 16.6. The van der Waals surface area contributed by atoms with Crippen molar-refractivity contribution in [3.63, 3.8) is 0 Å². The third-order valence-electron chi connectivity index (χ3n) is 4.81. The predicted molar refractivity (Wildman–Crippen MR) is 116 cm³/mol. The van der Waals surface area contributed by atoms with E-state index in [0.29, 0.717) is 37.6 Å². The van der Waals surface area contributed by atoms with Crippen LogP contribution >= 0.6 is 11.6 Å². The van der Waals surface area contributed by atoms with Gasteiger partial charge in [-0.15, -0.1) is 0 Å². The molecule has 1 aliphatic rings. The maximum atomic E-state index is 12.2. The molecule has 1 aliphatic heterocycles. The highest BCUT2D eigenvalue weighted by Crippen LogP contribution is 2.23. The van der Waals surface area contributed by atoms with Crippen LogP contribution in [-0.2, 0) is 9.59 Å². The Morgan fingerprint density at radius 2 is 1.86 bits per heavy atom. The first-order valence-corrected chi connectivity index (χ1v) is 10.2. The van der Waals surface area contributed by atoms with Gasteiger partial charge in [-0.1, -0.05) is 11.6 Å². The number of anilines is 2. The van der Waals surface area contributed by atoms with E-state index in [4.69, 9.17) is 16.3 Å². The van der Waals surface area contributed by atoms with Crippen LogP contribution in [0.25, 0.3) is 0 Å². The smallest absolute Gasteiger partial charge is 0.227 e. The summed E-state index contributed by atoms with van der Waals surface area (Å²) in [5.74, 6) is 0.893. The Hall–Kier alpha value is -2.57. The van der Waals surface area contributed by atoms with E-state index in [9.17, 15) is 9.59 Å². The highest BCUT2D eigenvalue weighted by Gasteiger charge is 2.21. The van der Waals surface area contributed by atoms with Crippen LogP contribution in [0.4, 0.5) is 11.4 Å². The molecule has 0 aliphatic carbocycles. The number of hydrogen-bond donors (Lipinski definition) is 1. The molecule has 0 atom stereocenters. The second-order valence-corrected chi connectivity index (χ2v) is 7.54. The van der Waals surface area contributed by atoms with Gasteiger partial charge in [0.15, 0.2) is 0 Å². The first kappa shape index (κ1) is 21.1. The van der Waals surface area contributed by atoms with Crippen LogP contribution in [0.5, 0.6) is 5.75 Å². The Kier molecular flexibility index (Phi) is 7.49. The molecule has 0 saturated carbocycles. The lowest BCUT2D eigenvalue weighted by atomic mass is 10.2. The Morgan fingerprint density at radius 3 is 2.52 bits per heavy atom. The maximum Gasteiger partial charge on any atom is 0.227 e. The van der Waals surface area contributed by atoms with E-state index in [1.165, 1.54) is 0 Å². The van der Waals surface area contributed by atoms with Crippen molar-refractivity contribution >= 4 is 34.8 Å². The van der Waals surface area contributed by atoms with E-state index in [1.54, 1.807) is 17.0 Å². The number of ether oxygens (including phenoxy) is 1. The Bertz CT molecular complexity index is 824. The van der Waals surface area contributed by atoms with Gasteiger partial charge in [-0.05, 0) is 62.0 Å². The largest absolute Gasteiger partial charge is 0.492 e. The molecule has 1 N–H and O–H groups in total. The Morgan fingerprint density at radius 1 is 1.14 bits per heavy atom. The maximum absolute atomic E-state index is 12.2. The van der Waals surface area contributed by atoms with Crippen molar-refractivity contribution < 1.29 is 14.3 Å². The molecule has 2 aromatic rings. The van der Waals surface area contributed by atoms with E-state index < -0.39 is 0 Å². The van der Waals surface area contributed by atoms with Gasteiger partial charge in [-0.2, -0.15) is 0 Å². The van der Waals surface area contributed by atoms with Crippen LogP contribution in [0.3, 0.4) is 0 Å². The molecular weight excluding hydrogens is 390 g/mol. The van der Waals surface area contributed by atoms with Crippen LogP contribution in [0.15, 0.2) is 48.5 Å². The van der Waals surface area contributed by atoms with Gasteiger partial charge in [0.05, 0.1) is 0 Å². The monoisotopic (exact) mass is 415 g/mol. The van der Waals surface area contributed by atoms with E-state index in [1.807, 2.05) is 43.4 Å². The SMILES string of the molecule is CN(CCOc1ccc(Cl)cc1)CCC(=O)Nc1ccc(N2CCCC2=O)cc1. The summed E-state index contributed by atoms with van der Waals surface area (Å²) in [5.41, 5.74) is 1.62. The van der Waals surface area contributed by atoms with E-state index in [2.05, 4.69) is 10.2 Å². The molecule has 2 aromatic carbocycles. The average molecular weight is 416 g/mol. The summed E-state index contributed by atoms with van der Waals surface area (Å²) in [6.45, 7) is 2.65. The number of benzene rings is 2. The lowest BCUT2D eigenvalue weighted by Gasteiger charge is -2.17. The molecule has 2 amide bonds. The number of amides is 2. The molecule has 0 bridgehead atoms. The summed E-state index contributed by atoms with van der Waals surface area (Å²) in [5, 5.41) is 3.58. The zero-order chi connectivity index (χ0) is 20.6. The summed E-state index contributed by atoms with van der Waals surface area (Å²) in [7, 11) is 1.96. The molecule has 0 aromatic heterocycles. The van der Waals surface area contributed by atoms with Crippen LogP contribution < -0.4 is 15.0 Å². The number of rotatable bonds is 9. The minimum Gasteiger partial charge on any atom is -0.492 e. The molecule has 1 heterocycles. The van der Waals surface area contributed by atoms with E-state index in [0.717, 1.165) is 30.1 Å². The third-order valence-corrected chi connectivity index (χ3v) is 5.06. The lowest BCUT2D eigenvalue weighted by Crippen LogP contribution is -2.28. The summed E-state index contributed by atoms with van der Waals surface area (Å²) >= 11 is 5.85. The molecule has 3 rings (SSSR count). The van der Waals surface area contributed by atoms with Crippen molar-refractivity contribution in [3.8, 4) is 5.75 Å². The number of hydrogen-bond acceptors (Lipinski definition) is 4. The molecule has 154 valence electrons. The number of nitrogens with zero attached hydrogens (tertiary/aromatic N) is 2. The van der Waals surface area contributed by atoms with Crippen molar-refractivity contribution in [1.82, 2.24) is 4.90 Å². The molecule has 0 unspecified atom stereocenters. The van der Waals surface area contributed by atoms with E-state index in [-0.39, 0.29) is 11.8 Å². The number of likely N-dealkylation sites (N-methyl/N-ethyl adjacent to an activating group) is 1. The summed E-state index contributed by atoms with van der Waals surface area (Å²) in [6.07, 6.45) is 1.90. The van der Waals surface area contributed by atoms with Gasteiger partial charge in [0, 0.05) is 48.9 Å².